The number of rotatable bonds is 3. The Balaban J connectivity index is 0.000000237. The van der Waals surface area contributed by atoms with Crippen LogP contribution in [-0.4, -0.2) is 75.4 Å². The molecular formula is C36H43F7N4O6. The summed E-state index contributed by atoms with van der Waals surface area (Å²) in [5, 5.41) is 16.7. The number of oxime groups is 1. The third kappa shape index (κ3) is 10.5. The van der Waals surface area contributed by atoms with Crippen LogP contribution in [0.1, 0.15) is 95.5 Å². The van der Waals surface area contributed by atoms with E-state index in [1.165, 1.54) is 11.0 Å². The Labute approximate surface area is 301 Å². The van der Waals surface area contributed by atoms with E-state index in [0.717, 1.165) is 18.2 Å². The van der Waals surface area contributed by atoms with Crippen LogP contribution < -0.4 is 0 Å². The van der Waals surface area contributed by atoms with E-state index in [9.17, 15) is 45.5 Å². The Kier molecular flexibility index (Phi) is 12.3. The molecule has 3 aromatic rings. The van der Waals surface area contributed by atoms with Crippen molar-refractivity contribution in [3.63, 3.8) is 0 Å². The van der Waals surface area contributed by atoms with Crippen molar-refractivity contribution in [1.82, 2.24) is 15.0 Å². The van der Waals surface area contributed by atoms with Gasteiger partial charge in [0.2, 0.25) is 0 Å². The van der Waals surface area contributed by atoms with Gasteiger partial charge < -0.3 is 29.0 Å². The molecule has 292 valence electrons. The summed E-state index contributed by atoms with van der Waals surface area (Å²) in [5.41, 5.74) is -3.69. The number of amides is 2. The first-order valence-electron chi connectivity index (χ1n) is 17.0. The summed E-state index contributed by atoms with van der Waals surface area (Å²) in [6, 6.07) is 6.81. The van der Waals surface area contributed by atoms with E-state index in [1.807, 2.05) is 0 Å². The number of benzene rings is 2. The number of hydrogen-bond donors (Lipinski definition) is 1. The molecule has 0 saturated carbocycles. The number of likely N-dealkylation sites (tertiary alicyclic amines) is 2. The van der Waals surface area contributed by atoms with E-state index in [-0.39, 0.29) is 42.0 Å². The number of carbonyl (C=O) groups excluding carboxylic acids is 2. The molecule has 53 heavy (non-hydrogen) atoms. The molecule has 0 aliphatic carbocycles. The Hall–Kier alpha value is -4.57. The first kappa shape index (κ1) is 41.2. The second-order valence-corrected chi connectivity index (χ2v) is 14.9. The van der Waals surface area contributed by atoms with E-state index in [4.69, 9.17) is 14.0 Å². The van der Waals surface area contributed by atoms with Crippen LogP contribution in [0.4, 0.5) is 40.3 Å². The highest BCUT2D eigenvalue weighted by molar-refractivity contribution is 6.02. The van der Waals surface area contributed by atoms with Crippen LogP contribution in [-0.2, 0) is 21.8 Å². The van der Waals surface area contributed by atoms with Crippen LogP contribution in [0.25, 0.3) is 11.0 Å². The van der Waals surface area contributed by atoms with Crippen molar-refractivity contribution in [2.24, 2.45) is 11.1 Å². The van der Waals surface area contributed by atoms with Crippen LogP contribution in [0.3, 0.4) is 0 Å². The highest BCUT2D eigenvalue weighted by atomic mass is 19.4. The maximum atomic E-state index is 14.4. The van der Waals surface area contributed by atoms with Crippen molar-refractivity contribution in [3.05, 3.63) is 64.6 Å². The summed E-state index contributed by atoms with van der Waals surface area (Å²) in [5.74, 6) is -2.00. The van der Waals surface area contributed by atoms with Gasteiger partial charge in [0.1, 0.15) is 22.6 Å². The predicted octanol–water partition coefficient (Wildman–Crippen LogP) is 9.63. The molecule has 0 atom stereocenters. The van der Waals surface area contributed by atoms with Crippen molar-refractivity contribution in [2.45, 2.75) is 96.7 Å². The Bertz CT molecular complexity index is 1780. The average Bonchev–Trinajstić information content (AvgIpc) is 3.48. The largest absolute Gasteiger partial charge is 0.444 e. The molecule has 0 bridgehead atoms. The van der Waals surface area contributed by atoms with Crippen LogP contribution in [0.5, 0.6) is 0 Å². The highest BCUT2D eigenvalue weighted by Gasteiger charge is 2.38. The van der Waals surface area contributed by atoms with Gasteiger partial charge in [-0.1, -0.05) is 28.5 Å². The van der Waals surface area contributed by atoms with Gasteiger partial charge in [0, 0.05) is 49.0 Å². The maximum Gasteiger partial charge on any atom is 0.420 e. The molecule has 17 heteroatoms. The molecule has 2 aromatic carbocycles. The molecule has 3 heterocycles. The van der Waals surface area contributed by atoms with Gasteiger partial charge in [0.25, 0.3) is 0 Å². The van der Waals surface area contributed by atoms with Gasteiger partial charge in [-0.25, -0.2) is 14.0 Å². The quantitative estimate of drug-likeness (QED) is 0.122. The zero-order chi connectivity index (χ0) is 39.5. The van der Waals surface area contributed by atoms with Crippen molar-refractivity contribution < 1.29 is 59.5 Å². The molecule has 2 fully saturated rings. The lowest BCUT2D eigenvalue weighted by atomic mass is 9.87. The number of alkyl halides is 6. The molecule has 1 N–H and O–H groups in total. The zero-order valence-corrected chi connectivity index (χ0v) is 30.2. The Morgan fingerprint density at radius 3 is 1.72 bits per heavy atom. The fourth-order valence-corrected chi connectivity index (χ4v) is 6.13. The summed E-state index contributed by atoms with van der Waals surface area (Å²) in [7, 11) is 0. The lowest BCUT2D eigenvalue weighted by molar-refractivity contribution is -0.140. The lowest BCUT2D eigenvalue weighted by Gasteiger charge is -2.33. The van der Waals surface area contributed by atoms with Crippen molar-refractivity contribution in [3.8, 4) is 0 Å². The number of aromatic nitrogens is 1. The number of piperidine rings is 2. The van der Waals surface area contributed by atoms with E-state index >= 15 is 0 Å². The number of para-hydroxylation sites is 1. The molecule has 0 spiro atoms. The molecule has 5 rings (SSSR count). The number of ether oxygens (including phenoxy) is 2. The fourth-order valence-electron chi connectivity index (χ4n) is 6.13. The van der Waals surface area contributed by atoms with Crippen LogP contribution in [0.2, 0.25) is 0 Å². The first-order valence-corrected chi connectivity index (χ1v) is 17.0. The van der Waals surface area contributed by atoms with E-state index in [2.05, 4.69) is 10.3 Å². The minimum absolute atomic E-state index is 0.0570. The topological polar surface area (TPSA) is 118 Å². The number of halogens is 7. The van der Waals surface area contributed by atoms with Crippen LogP contribution >= 0.6 is 0 Å². The van der Waals surface area contributed by atoms with Crippen molar-refractivity contribution in [1.29, 1.82) is 0 Å². The zero-order valence-electron chi connectivity index (χ0n) is 30.2. The van der Waals surface area contributed by atoms with Gasteiger partial charge in [0.05, 0.1) is 17.0 Å². The smallest absolute Gasteiger partial charge is 0.420 e. The first-order chi connectivity index (χ1) is 24.5. The average molecular weight is 761 g/mol. The maximum absolute atomic E-state index is 14.4. The van der Waals surface area contributed by atoms with Crippen LogP contribution in [0, 0.1) is 11.7 Å². The van der Waals surface area contributed by atoms with Gasteiger partial charge in [-0.3, -0.25) is 0 Å². The van der Waals surface area contributed by atoms with Crippen molar-refractivity contribution in [2.75, 3.05) is 26.2 Å². The third-order valence-corrected chi connectivity index (χ3v) is 8.59. The van der Waals surface area contributed by atoms with Gasteiger partial charge >= 0.3 is 24.5 Å². The molecular weight excluding hydrogens is 717 g/mol. The number of fused-ring (bicyclic) bond motifs is 1. The summed E-state index contributed by atoms with van der Waals surface area (Å²) < 4.78 is 108. The second-order valence-electron chi connectivity index (χ2n) is 14.9. The summed E-state index contributed by atoms with van der Waals surface area (Å²) in [6.45, 7) is 12.1. The van der Waals surface area contributed by atoms with E-state index < -0.39 is 52.5 Å². The minimum atomic E-state index is -4.85. The molecule has 2 aliphatic heterocycles. The normalized spacial score (nSPS) is 17.0. The number of hydrogen-bond acceptors (Lipinski definition) is 8. The lowest BCUT2D eigenvalue weighted by Crippen LogP contribution is -2.43. The van der Waals surface area contributed by atoms with Crippen molar-refractivity contribution >= 4 is 28.9 Å². The second kappa shape index (κ2) is 15.8. The summed E-state index contributed by atoms with van der Waals surface area (Å²) in [6.07, 6.45) is -8.39. The molecule has 2 aliphatic rings. The SMILES string of the molecule is CC(C)(C)OC(=O)N1CCC(/C(=N\O)c2cccc(C(F)(F)F)c2F)CC1.CC(C)(C)OC(=O)N1CCC(c2noc3c(C(F)(F)F)cccc23)CC1. The number of nitrogens with zero attached hydrogens (tertiary/aromatic N) is 4. The summed E-state index contributed by atoms with van der Waals surface area (Å²) in [4.78, 5) is 27.3. The van der Waals surface area contributed by atoms with Gasteiger partial charge in [0.15, 0.2) is 5.58 Å². The van der Waals surface area contributed by atoms with Gasteiger partial charge in [-0.15, -0.1) is 0 Å². The summed E-state index contributed by atoms with van der Waals surface area (Å²) >= 11 is 0. The monoisotopic (exact) mass is 760 g/mol. The Morgan fingerprint density at radius 1 is 0.774 bits per heavy atom. The van der Waals surface area contributed by atoms with Gasteiger partial charge in [-0.2, -0.15) is 26.3 Å². The fraction of sp³-hybridized carbons (Fsp3) is 0.556. The highest BCUT2D eigenvalue weighted by Crippen LogP contribution is 2.39. The van der Waals surface area contributed by atoms with E-state index in [0.29, 0.717) is 55.9 Å². The molecule has 0 radical (unpaired) electrons. The van der Waals surface area contributed by atoms with E-state index in [1.54, 1.807) is 52.5 Å². The minimum Gasteiger partial charge on any atom is -0.444 e. The molecule has 2 saturated heterocycles. The molecule has 0 unspecified atom stereocenters. The van der Waals surface area contributed by atoms with Crippen LogP contribution in [0.15, 0.2) is 46.1 Å². The standard InChI is InChI=1S/C18H22F4N2O3.C18H21F3N2O3/c1-17(2,3)27-16(25)24-9-7-11(8-10-24)15(23-26)12-5-4-6-13(14(12)19)18(20,21)22;1-17(2,3)25-16(24)23-9-7-11(8-10-23)14-12-5-4-6-13(18(19,20)21)15(12)26-22-14/h4-6,11,26H,7-10H2,1-3H3;4-6,11H,7-10H2,1-3H3/b23-15+;. The molecule has 10 nitrogen and oxygen atoms in total. The molecule has 2 amide bonds. The third-order valence-electron chi connectivity index (χ3n) is 8.59. The van der Waals surface area contributed by atoms with Gasteiger partial charge in [-0.05, 0) is 85.4 Å². The number of carbonyl (C=O) groups is 2. The predicted molar refractivity (Wildman–Crippen MR) is 179 cm³/mol. The Morgan fingerprint density at radius 2 is 1.25 bits per heavy atom. The molecule has 1 aromatic heterocycles.